The van der Waals surface area contributed by atoms with Crippen LogP contribution in [0.15, 0.2) is 46.0 Å². The lowest BCUT2D eigenvalue weighted by atomic mass is 10.1. The molecule has 0 radical (unpaired) electrons. The maximum absolute atomic E-state index is 13.3. The second-order valence-electron chi connectivity index (χ2n) is 9.23. The van der Waals surface area contributed by atoms with Gasteiger partial charge in [-0.15, -0.1) is 0 Å². The van der Waals surface area contributed by atoms with E-state index in [0.717, 1.165) is 18.4 Å². The van der Waals surface area contributed by atoms with Gasteiger partial charge in [-0.05, 0) is 37.3 Å². The highest BCUT2D eigenvalue weighted by Crippen LogP contribution is 2.39. The molecule has 178 valence electrons. The third-order valence-electron chi connectivity index (χ3n) is 5.81. The lowest BCUT2D eigenvalue weighted by Crippen LogP contribution is -2.45. The molecule has 2 amide bonds. The molecule has 2 aromatic heterocycles. The Morgan fingerprint density at radius 1 is 1.15 bits per heavy atom. The number of carbonyl (C=O) groups is 2. The number of benzene rings is 1. The van der Waals surface area contributed by atoms with Crippen molar-refractivity contribution in [3.63, 3.8) is 0 Å². The summed E-state index contributed by atoms with van der Waals surface area (Å²) >= 11 is 0. The summed E-state index contributed by atoms with van der Waals surface area (Å²) in [4.78, 5) is 58.1. The fourth-order valence-electron chi connectivity index (χ4n) is 3.87. The highest BCUT2D eigenvalue weighted by atomic mass is 16.2. The number of nitrogens with zero attached hydrogens (tertiary/aromatic N) is 2. The summed E-state index contributed by atoms with van der Waals surface area (Å²) in [5.74, 6) is -0.575. The molecule has 0 bridgehead atoms. The Bertz CT molecular complexity index is 1340. The van der Waals surface area contributed by atoms with Crippen molar-refractivity contribution in [2.75, 3.05) is 0 Å². The van der Waals surface area contributed by atoms with E-state index < -0.39 is 23.2 Å². The molecule has 1 aromatic carbocycles. The zero-order valence-electron chi connectivity index (χ0n) is 19.6. The normalized spacial score (nSPS) is 14.2. The van der Waals surface area contributed by atoms with Gasteiger partial charge in [0.15, 0.2) is 5.65 Å². The van der Waals surface area contributed by atoms with Crippen LogP contribution in [-0.2, 0) is 17.9 Å². The second kappa shape index (κ2) is 9.62. The van der Waals surface area contributed by atoms with Crippen LogP contribution in [0.3, 0.4) is 0 Å². The first-order chi connectivity index (χ1) is 16.2. The van der Waals surface area contributed by atoms with Gasteiger partial charge in [0.05, 0.1) is 10.9 Å². The minimum atomic E-state index is -0.829. The van der Waals surface area contributed by atoms with E-state index in [0.29, 0.717) is 18.8 Å². The molecule has 0 spiro atoms. The van der Waals surface area contributed by atoms with Crippen LogP contribution in [-0.4, -0.2) is 32.4 Å². The summed E-state index contributed by atoms with van der Waals surface area (Å²) in [5, 5.41) is 5.55. The van der Waals surface area contributed by atoms with Crippen LogP contribution in [0.5, 0.6) is 0 Å². The molecule has 9 nitrogen and oxygen atoms in total. The summed E-state index contributed by atoms with van der Waals surface area (Å²) in [6, 6.07) is 10.2. The predicted molar refractivity (Wildman–Crippen MR) is 129 cm³/mol. The van der Waals surface area contributed by atoms with Gasteiger partial charge in [0.25, 0.3) is 11.5 Å². The molecule has 3 N–H and O–H groups in total. The standard InChI is InChI=1S/C25H29N5O4/c1-14(2)13-30-21-20(24(33)29-25(30)34)18(11-19(28-21)17-9-10-17)23(32)27-15(3)22(31)26-12-16-7-5-4-6-8-16/h4-8,11,14-15,17H,9-10,12-13H2,1-3H3,(H,26,31)(H,27,32)(H,29,33,34). The van der Waals surface area contributed by atoms with Crippen LogP contribution >= 0.6 is 0 Å². The fourth-order valence-corrected chi connectivity index (χ4v) is 3.87. The number of pyridine rings is 1. The van der Waals surface area contributed by atoms with Crippen LogP contribution < -0.4 is 21.9 Å². The number of aromatic amines is 1. The predicted octanol–water partition coefficient (Wildman–Crippen LogP) is 2.05. The van der Waals surface area contributed by atoms with Crippen molar-refractivity contribution in [1.82, 2.24) is 25.2 Å². The van der Waals surface area contributed by atoms with Crippen LogP contribution in [0.1, 0.15) is 61.1 Å². The third-order valence-corrected chi connectivity index (χ3v) is 5.81. The van der Waals surface area contributed by atoms with Crippen LogP contribution in [0.2, 0.25) is 0 Å². The number of hydrogen-bond donors (Lipinski definition) is 3. The van der Waals surface area contributed by atoms with Crippen molar-refractivity contribution >= 4 is 22.8 Å². The molecule has 0 saturated heterocycles. The molecular weight excluding hydrogens is 434 g/mol. The summed E-state index contributed by atoms with van der Waals surface area (Å²) in [6.07, 6.45) is 1.88. The maximum atomic E-state index is 13.3. The van der Waals surface area contributed by atoms with Crippen molar-refractivity contribution in [2.45, 2.75) is 58.7 Å². The van der Waals surface area contributed by atoms with Crippen molar-refractivity contribution in [3.05, 3.63) is 74.1 Å². The van der Waals surface area contributed by atoms with Gasteiger partial charge < -0.3 is 10.6 Å². The van der Waals surface area contributed by atoms with Gasteiger partial charge in [0.1, 0.15) is 6.04 Å². The van der Waals surface area contributed by atoms with Crippen molar-refractivity contribution < 1.29 is 9.59 Å². The number of aromatic nitrogens is 3. The molecule has 34 heavy (non-hydrogen) atoms. The molecule has 4 rings (SSSR count). The SMILES string of the molecule is CC(C)Cn1c(=O)[nH]c(=O)c2c(C(=O)NC(C)C(=O)NCc3ccccc3)cc(C3CC3)nc21. The van der Waals surface area contributed by atoms with Crippen molar-refractivity contribution in [1.29, 1.82) is 0 Å². The zero-order chi connectivity index (χ0) is 24.4. The Kier molecular flexibility index (Phi) is 6.63. The Morgan fingerprint density at radius 3 is 2.50 bits per heavy atom. The second-order valence-corrected chi connectivity index (χ2v) is 9.23. The van der Waals surface area contributed by atoms with E-state index >= 15 is 0 Å². The largest absolute Gasteiger partial charge is 0.350 e. The quantitative estimate of drug-likeness (QED) is 0.471. The first-order valence-electron chi connectivity index (χ1n) is 11.5. The van der Waals surface area contributed by atoms with Crippen LogP contribution in [0.4, 0.5) is 0 Å². The maximum Gasteiger partial charge on any atom is 0.330 e. The molecule has 1 aliphatic carbocycles. The Hall–Kier alpha value is -3.75. The smallest absolute Gasteiger partial charge is 0.330 e. The highest BCUT2D eigenvalue weighted by molar-refractivity contribution is 6.06. The molecule has 1 aliphatic rings. The Morgan fingerprint density at radius 2 is 1.85 bits per heavy atom. The van der Waals surface area contributed by atoms with E-state index in [1.165, 1.54) is 4.57 Å². The molecule has 1 unspecified atom stereocenters. The van der Waals surface area contributed by atoms with Gasteiger partial charge in [-0.3, -0.25) is 23.9 Å². The Labute approximate surface area is 196 Å². The lowest BCUT2D eigenvalue weighted by Gasteiger charge is -2.17. The van der Waals surface area contributed by atoms with Gasteiger partial charge >= 0.3 is 5.69 Å². The number of hydrogen-bond acceptors (Lipinski definition) is 5. The molecule has 1 saturated carbocycles. The van der Waals surface area contributed by atoms with E-state index in [1.807, 2.05) is 44.2 Å². The molecule has 9 heteroatoms. The number of amides is 2. The average molecular weight is 464 g/mol. The summed E-state index contributed by atoms with van der Waals surface area (Å²) in [7, 11) is 0. The summed E-state index contributed by atoms with van der Waals surface area (Å²) in [6.45, 7) is 6.19. The number of nitrogens with one attached hydrogen (secondary N) is 3. The minimum absolute atomic E-state index is 0.0547. The van der Waals surface area contributed by atoms with Crippen molar-refractivity contribution in [3.8, 4) is 0 Å². The third kappa shape index (κ3) is 5.08. The monoisotopic (exact) mass is 463 g/mol. The van der Waals surface area contributed by atoms with Gasteiger partial charge in [-0.1, -0.05) is 44.2 Å². The van der Waals surface area contributed by atoms with Gasteiger partial charge in [0.2, 0.25) is 5.91 Å². The first-order valence-corrected chi connectivity index (χ1v) is 11.5. The molecular formula is C25H29N5O4. The molecule has 1 fully saturated rings. The average Bonchev–Trinajstić information content (AvgIpc) is 3.65. The topological polar surface area (TPSA) is 126 Å². The summed E-state index contributed by atoms with van der Waals surface area (Å²) in [5.41, 5.74) is 0.735. The minimum Gasteiger partial charge on any atom is -0.350 e. The van der Waals surface area contributed by atoms with E-state index in [1.54, 1.807) is 13.0 Å². The van der Waals surface area contributed by atoms with E-state index in [9.17, 15) is 19.2 Å². The van der Waals surface area contributed by atoms with Crippen molar-refractivity contribution in [2.24, 2.45) is 5.92 Å². The molecule has 2 heterocycles. The van der Waals surface area contributed by atoms with E-state index in [-0.39, 0.29) is 34.3 Å². The van der Waals surface area contributed by atoms with Crippen LogP contribution in [0, 0.1) is 5.92 Å². The van der Waals surface area contributed by atoms with E-state index in [2.05, 4.69) is 20.6 Å². The molecule has 1 atom stereocenters. The Balaban J connectivity index is 1.64. The molecule has 0 aliphatic heterocycles. The van der Waals surface area contributed by atoms with Gasteiger partial charge in [-0.25, -0.2) is 9.78 Å². The van der Waals surface area contributed by atoms with Gasteiger partial charge in [-0.2, -0.15) is 0 Å². The lowest BCUT2D eigenvalue weighted by molar-refractivity contribution is -0.122. The van der Waals surface area contributed by atoms with Gasteiger partial charge in [0, 0.05) is 24.7 Å². The fraction of sp³-hybridized carbons (Fsp3) is 0.400. The van der Waals surface area contributed by atoms with Crippen LogP contribution in [0.25, 0.3) is 11.0 Å². The number of H-pyrrole nitrogens is 1. The first kappa shape index (κ1) is 23.4. The number of fused-ring (bicyclic) bond motifs is 1. The van der Waals surface area contributed by atoms with E-state index in [4.69, 9.17) is 0 Å². The summed E-state index contributed by atoms with van der Waals surface area (Å²) < 4.78 is 1.42. The zero-order valence-corrected chi connectivity index (χ0v) is 19.6. The number of rotatable bonds is 8. The molecule has 3 aromatic rings. The highest BCUT2D eigenvalue weighted by Gasteiger charge is 2.29. The number of carbonyl (C=O) groups excluding carboxylic acids is 2.